The van der Waals surface area contributed by atoms with Crippen LogP contribution in [0.15, 0.2) is 45.7 Å². The maximum atomic E-state index is 12.7. The number of aryl methyl sites for hydroxylation is 3. The number of carbonyl (C=O) groups excluding carboxylic acids is 2. The Morgan fingerprint density at radius 2 is 1.96 bits per heavy atom. The third-order valence-corrected chi connectivity index (χ3v) is 4.61. The second kappa shape index (κ2) is 8.08. The van der Waals surface area contributed by atoms with Crippen molar-refractivity contribution in [1.82, 2.24) is 15.0 Å². The molecule has 1 saturated heterocycles. The number of nitrogens with zero attached hydrogens (tertiary/aromatic N) is 4. The zero-order valence-corrected chi connectivity index (χ0v) is 16.2. The summed E-state index contributed by atoms with van der Waals surface area (Å²) in [6.07, 6.45) is 2.64. The SMILES string of the molecule is Cc1ccc(CN2CC(=O)N(C(C=NCc3c(C)noc3C)=CN)C2=O)cc1. The van der Waals surface area contributed by atoms with Crippen molar-refractivity contribution in [2.45, 2.75) is 33.9 Å². The smallest absolute Gasteiger partial charge is 0.332 e. The highest BCUT2D eigenvalue weighted by molar-refractivity contribution is 6.07. The van der Waals surface area contributed by atoms with Gasteiger partial charge in [-0.05, 0) is 26.3 Å². The van der Waals surface area contributed by atoms with Crippen molar-refractivity contribution in [3.8, 4) is 0 Å². The Labute approximate surface area is 163 Å². The zero-order valence-electron chi connectivity index (χ0n) is 16.2. The summed E-state index contributed by atoms with van der Waals surface area (Å²) in [4.78, 5) is 32.0. The number of allylic oxidation sites excluding steroid dienone is 1. The van der Waals surface area contributed by atoms with Gasteiger partial charge in [-0.3, -0.25) is 9.79 Å². The lowest BCUT2D eigenvalue weighted by Crippen LogP contribution is -2.33. The maximum absolute atomic E-state index is 12.7. The third kappa shape index (κ3) is 3.95. The van der Waals surface area contributed by atoms with Crippen LogP contribution in [-0.4, -0.2) is 39.7 Å². The van der Waals surface area contributed by atoms with Gasteiger partial charge < -0.3 is 15.2 Å². The summed E-state index contributed by atoms with van der Waals surface area (Å²) >= 11 is 0. The lowest BCUT2D eigenvalue weighted by atomic mass is 10.1. The van der Waals surface area contributed by atoms with Crippen molar-refractivity contribution >= 4 is 18.2 Å². The first-order valence-corrected chi connectivity index (χ1v) is 8.91. The van der Waals surface area contributed by atoms with E-state index >= 15 is 0 Å². The van der Waals surface area contributed by atoms with Crippen molar-refractivity contribution in [1.29, 1.82) is 0 Å². The monoisotopic (exact) mass is 381 g/mol. The van der Waals surface area contributed by atoms with Crippen LogP contribution in [0.1, 0.15) is 28.1 Å². The van der Waals surface area contributed by atoms with E-state index in [0.717, 1.165) is 27.3 Å². The molecule has 1 fully saturated rings. The molecule has 3 rings (SSSR count). The molecule has 0 atom stereocenters. The molecule has 1 aromatic heterocycles. The minimum Gasteiger partial charge on any atom is -0.403 e. The summed E-state index contributed by atoms with van der Waals surface area (Å²) in [6.45, 7) is 6.31. The largest absolute Gasteiger partial charge is 0.403 e. The summed E-state index contributed by atoms with van der Waals surface area (Å²) in [6, 6.07) is 7.43. The van der Waals surface area contributed by atoms with Crippen molar-refractivity contribution in [3.05, 3.63) is 64.3 Å². The van der Waals surface area contributed by atoms with Crippen LogP contribution in [-0.2, 0) is 17.9 Å². The number of amides is 3. The van der Waals surface area contributed by atoms with Crippen molar-refractivity contribution in [3.63, 3.8) is 0 Å². The van der Waals surface area contributed by atoms with Crippen LogP contribution in [0.3, 0.4) is 0 Å². The molecular weight excluding hydrogens is 358 g/mol. The number of aliphatic imine (C=N–C) groups is 1. The third-order valence-electron chi connectivity index (χ3n) is 4.61. The highest BCUT2D eigenvalue weighted by Gasteiger charge is 2.37. The van der Waals surface area contributed by atoms with Gasteiger partial charge in [0, 0.05) is 24.5 Å². The Bertz CT molecular complexity index is 924. The van der Waals surface area contributed by atoms with Gasteiger partial charge in [0.1, 0.15) is 12.3 Å². The summed E-state index contributed by atoms with van der Waals surface area (Å²) < 4.78 is 5.10. The fourth-order valence-electron chi connectivity index (χ4n) is 2.97. The molecular formula is C20H23N5O3. The lowest BCUT2D eigenvalue weighted by Gasteiger charge is -2.17. The van der Waals surface area contributed by atoms with E-state index in [1.165, 1.54) is 17.3 Å². The number of aromatic nitrogens is 1. The van der Waals surface area contributed by atoms with Crippen LogP contribution in [0.2, 0.25) is 0 Å². The van der Waals surface area contributed by atoms with Crippen LogP contribution < -0.4 is 5.73 Å². The fourth-order valence-corrected chi connectivity index (χ4v) is 2.97. The molecule has 0 radical (unpaired) electrons. The molecule has 0 saturated carbocycles. The lowest BCUT2D eigenvalue weighted by molar-refractivity contribution is -0.123. The van der Waals surface area contributed by atoms with Crippen LogP contribution in [0.5, 0.6) is 0 Å². The van der Waals surface area contributed by atoms with E-state index in [2.05, 4.69) is 10.1 Å². The zero-order chi connectivity index (χ0) is 20.3. The normalized spacial score (nSPS) is 15.3. The molecule has 0 aliphatic carbocycles. The second-order valence-electron chi connectivity index (χ2n) is 6.72. The van der Waals surface area contributed by atoms with Crippen LogP contribution in [0.4, 0.5) is 4.79 Å². The standard InChI is InChI=1S/C20H23N5O3/c1-13-4-6-16(7-5-13)11-24-12-19(26)25(20(24)27)17(8-21)9-22-10-18-14(2)23-28-15(18)3/h4-9H,10-12,21H2,1-3H3. The average Bonchev–Trinajstić information content (AvgIpc) is 3.13. The topological polar surface area (TPSA) is 105 Å². The molecule has 8 heteroatoms. The second-order valence-corrected chi connectivity index (χ2v) is 6.72. The number of benzene rings is 1. The van der Waals surface area contributed by atoms with E-state index in [0.29, 0.717) is 18.8 Å². The molecule has 146 valence electrons. The van der Waals surface area contributed by atoms with Gasteiger partial charge in [-0.2, -0.15) is 0 Å². The Kier molecular flexibility index (Phi) is 5.58. The van der Waals surface area contributed by atoms with Gasteiger partial charge in [0.15, 0.2) is 0 Å². The maximum Gasteiger partial charge on any atom is 0.332 e. The molecule has 0 bridgehead atoms. The number of hydrogen-bond acceptors (Lipinski definition) is 6. The summed E-state index contributed by atoms with van der Waals surface area (Å²) in [5.41, 5.74) is 9.62. The average molecular weight is 381 g/mol. The predicted molar refractivity (Wildman–Crippen MR) is 104 cm³/mol. The van der Waals surface area contributed by atoms with Crippen LogP contribution >= 0.6 is 0 Å². The number of imide groups is 1. The summed E-state index contributed by atoms with van der Waals surface area (Å²) in [5, 5.41) is 3.88. The van der Waals surface area contributed by atoms with Crippen molar-refractivity contribution in [2.24, 2.45) is 10.7 Å². The van der Waals surface area contributed by atoms with E-state index in [4.69, 9.17) is 10.3 Å². The molecule has 28 heavy (non-hydrogen) atoms. The summed E-state index contributed by atoms with van der Waals surface area (Å²) in [7, 11) is 0. The Hall–Kier alpha value is -3.42. The van der Waals surface area contributed by atoms with Gasteiger partial charge in [-0.1, -0.05) is 35.0 Å². The van der Waals surface area contributed by atoms with E-state index < -0.39 is 6.03 Å². The quantitative estimate of drug-likeness (QED) is 0.611. The van der Waals surface area contributed by atoms with Gasteiger partial charge in [0.25, 0.3) is 5.91 Å². The molecule has 2 heterocycles. The Morgan fingerprint density at radius 1 is 1.25 bits per heavy atom. The first kappa shape index (κ1) is 19.3. The minimum atomic E-state index is -0.411. The number of rotatable bonds is 6. The highest BCUT2D eigenvalue weighted by atomic mass is 16.5. The first-order chi connectivity index (χ1) is 13.4. The molecule has 2 aromatic rings. The number of urea groups is 1. The molecule has 1 aliphatic heterocycles. The van der Waals surface area contributed by atoms with E-state index in [1.807, 2.05) is 38.1 Å². The first-order valence-electron chi connectivity index (χ1n) is 8.91. The molecule has 1 aromatic carbocycles. The minimum absolute atomic E-state index is 0.00174. The molecule has 0 spiro atoms. The summed E-state index contributed by atoms with van der Waals surface area (Å²) in [5.74, 6) is 0.350. The van der Waals surface area contributed by atoms with E-state index in [1.54, 1.807) is 6.92 Å². The molecule has 3 amide bonds. The van der Waals surface area contributed by atoms with E-state index in [-0.39, 0.29) is 18.1 Å². The van der Waals surface area contributed by atoms with E-state index in [9.17, 15) is 9.59 Å². The Morgan fingerprint density at radius 3 is 2.57 bits per heavy atom. The van der Waals surface area contributed by atoms with Gasteiger partial charge in [-0.15, -0.1) is 0 Å². The number of carbonyl (C=O) groups is 2. The van der Waals surface area contributed by atoms with Crippen LogP contribution in [0, 0.1) is 20.8 Å². The van der Waals surface area contributed by atoms with Crippen molar-refractivity contribution < 1.29 is 14.1 Å². The van der Waals surface area contributed by atoms with Gasteiger partial charge >= 0.3 is 6.03 Å². The molecule has 2 N–H and O–H groups in total. The van der Waals surface area contributed by atoms with Crippen LogP contribution in [0.25, 0.3) is 0 Å². The molecule has 8 nitrogen and oxygen atoms in total. The van der Waals surface area contributed by atoms with Gasteiger partial charge in [0.05, 0.1) is 17.9 Å². The van der Waals surface area contributed by atoms with Gasteiger partial charge in [-0.25, -0.2) is 9.69 Å². The number of nitrogens with two attached hydrogens (primary N) is 1. The fraction of sp³-hybridized carbons (Fsp3) is 0.300. The predicted octanol–water partition coefficient (Wildman–Crippen LogP) is 2.44. The van der Waals surface area contributed by atoms with Crippen molar-refractivity contribution in [2.75, 3.05) is 6.54 Å². The molecule has 0 unspecified atom stereocenters. The Balaban J connectivity index is 1.70. The van der Waals surface area contributed by atoms with Gasteiger partial charge in [0.2, 0.25) is 0 Å². The number of hydrogen-bond donors (Lipinski definition) is 1. The molecule has 1 aliphatic rings. The highest BCUT2D eigenvalue weighted by Crippen LogP contribution is 2.19.